The Bertz CT molecular complexity index is 773. The molecule has 110 valence electrons. The molecule has 1 aliphatic rings. The van der Waals surface area contributed by atoms with E-state index < -0.39 is 10.0 Å². The predicted molar refractivity (Wildman–Crippen MR) is 93.2 cm³/mol. The average Bonchev–Trinajstić information content (AvgIpc) is 2.80. The zero-order valence-electron chi connectivity index (χ0n) is 11.4. The Balaban J connectivity index is 1.89. The Morgan fingerprint density at radius 3 is 2.62 bits per heavy atom. The molecular formula is C15H15IN2O2S. The molecule has 0 fully saturated rings. The fourth-order valence-corrected chi connectivity index (χ4v) is 3.89. The minimum Gasteiger partial charge on any atom is -0.382 e. The fourth-order valence-electron chi connectivity index (χ4n) is 2.43. The number of benzene rings is 2. The number of rotatable bonds is 3. The van der Waals surface area contributed by atoms with Crippen LogP contribution in [-0.4, -0.2) is 14.5 Å². The van der Waals surface area contributed by atoms with Gasteiger partial charge in [-0.1, -0.05) is 0 Å². The molecule has 2 aromatic rings. The van der Waals surface area contributed by atoms with Gasteiger partial charge in [0.2, 0.25) is 0 Å². The molecule has 0 bridgehead atoms. The zero-order valence-corrected chi connectivity index (χ0v) is 14.4. The maximum atomic E-state index is 12.4. The molecule has 0 saturated carbocycles. The molecule has 3 rings (SSSR count). The Hall–Kier alpha value is -1.28. The van der Waals surface area contributed by atoms with E-state index in [1.54, 1.807) is 24.3 Å². The lowest BCUT2D eigenvalue weighted by molar-refractivity contribution is 0.601. The van der Waals surface area contributed by atoms with Crippen molar-refractivity contribution in [2.75, 3.05) is 10.0 Å². The number of halogens is 1. The number of hydrogen-bond acceptors (Lipinski definition) is 3. The van der Waals surface area contributed by atoms with Gasteiger partial charge >= 0.3 is 0 Å². The summed E-state index contributed by atoms with van der Waals surface area (Å²) in [6.45, 7) is 2.08. The molecule has 1 atom stereocenters. The van der Waals surface area contributed by atoms with Gasteiger partial charge < -0.3 is 5.32 Å². The first kappa shape index (κ1) is 14.6. The van der Waals surface area contributed by atoms with Gasteiger partial charge in [0, 0.05) is 21.0 Å². The molecule has 0 amide bonds. The molecule has 2 N–H and O–H groups in total. The smallest absolute Gasteiger partial charge is 0.261 e. The first-order valence-electron chi connectivity index (χ1n) is 6.62. The molecule has 21 heavy (non-hydrogen) atoms. The Morgan fingerprint density at radius 1 is 1.19 bits per heavy atom. The van der Waals surface area contributed by atoms with Crippen LogP contribution in [0.15, 0.2) is 47.4 Å². The normalized spacial score (nSPS) is 17.1. The highest BCUT2D eigenvalue weighted by Crippen LogP contribution is 2.28. The number of sulfonamides is 1. The van der Waals surface area contributed by atoms with Crippen LogP contribution < -0.4 is 10.0 Å². The van der Waals surface area contributed by atoms with Gasteiger partial charge in [-0.3, -0.25) is 4.72 Å². The van der Waals surface area contributed by atoms with Crippen LogP contribution in [0, 0.1) is 3.57 Å². The molecule has 0 aromatic heterocycles. The van der Waals surface area contributed by atoms with Gasteiger partial charge in [0.25, 0.3) is 10.0 Å². The van der Waals surface area contributed by atoms with Crippen molar-refractivity contribution in [2.24, 2.45) is 0 Å². The second-order valence-corrected chi connectivity index (χ2v) is 8.11. The van der Waals surface area contributed by atoms with Crippen molar-refractivity contribution in [2.45, 2.75) is 24.3 Å². The molecular weight excluding hydrogens is 399 g/mol. The van der Waals surface area contributed by atoms with Gasteiger partial charge in [0.05, 0.1) is 4.90 Å². The highest BCUT2D eigenvalue weighted by atomic mass is 127. The summed E-state index contributed by atoms with van der Waals surface area (Å²) in [7, 11) is -3.55. The second-order valence-electron chi connectivity index (χ2n) is 5.18. The summed E-state index contributed by atoms with van der Waals surface area (Å²) in [6, 6.07) is 12.8. The molecule has 4 nitrogen and oxygen atoms in total. The summed E-state index contributed by atoms with van der Waals surface area (Å²) in [5.41, 5.74) is 2.64. The van der Waals surface area contributed by atoms with E-state index in [-0.39, 0.29) is 0 Å². The minimum absolute atomic E-state index is 0.302. The molecule has 1 unspecified atom stereocenters. The number of anilines is 2. The monoisotopic (exact) mass is 414 g/mol. The summed E-state index contributed by atoms with van der Waals surface area (Å²) < 4.78 is 28.5. The van der Waals surface area contributed by atoms with E-state index in [4.69, 9.17) is 0 Å². The molecule has 6 heteroatoms. The highest BCUT2D eigenvalue weighted by Gasteiger charge is 2.21. The summed E-state index contributed by atoms with van der Waals surface area (Å²) >= 11 is 2.18. The van der Waals surface area contributed by atoms with E-state index in [9.17, 15) is 8.42 Å². The van der Waals surface area contributed by atoms with Crippen LogP contribution in [0.3, 0.4) is 0 Å². The van der Waals surface area contributed by atoms with Crippen molar-refractivity contribution in [1.82, 2.24) is 0 Å². The third-order valence-electron chi connectivity index (χ3n) is 3.41. The predicted octanol–water partition coefficient (Wildman–Crippen LogP) is 3.45. The largest absolute Gasteiger partial charge is 0.382 e. The number of nitrogens with one attached hydrogen (secondary N) is 2. The fraction of sp³-hybridized carbons (Fsp3) is 0.200. The second kappa shape index (κ2) is 5.49. The van der Waals surface area contributed by atoms with E-state index in [2.05, 4.69) is 39.6 Å². The van der Waals surface area contributed by atoms with Crippen LogP contribution in [0.4, 0.5) is 11.4 Å². The lowest BCUT2D eigenvalue weighted by atomic mass is 10.1. The Kier molecular flexibility index (Phi) is 3.83. The van der Waals surface area contributed by atoms with Crippen molar-refractivity contribution < 1.29 is 8.42 Å². The summed E-state index contributed by atoms with van der Waals surface area (Å²) in [6.07, 6.45) is 0.849. The van der Waals surface area contributed by atoms with Crippen molar-refractivity contribution >= 4 is 44.0 Å². The molecule has 1 heterocycles. The van der Waals surface area contributed by atoms with Crippen molar-refractivity contribution in [3.63, 3.8) is 0 Å². The van der Waals surface area contributed by atoms with Crippen molar-refractivity contribution in [1.29, 1.82) is 0 Å². The SMILES string of the molecule is CC1Cc2cc(S(=O)(=O)Nc3ccc(I)cc3)ccc2N1. The van der Waals surface area contributed by atoms with E-state index in [1.807, 2.05) is 18.2 Å². The lowest BCUT2D eigenvalue weighted by Crippen LogP contribution is -2.13. The van der Waals surface area contributed by atoms with Gasteiger partial charge in [0.15, 0.2) is 0 Å². The molecule has 0 aliphatic carbocycles. The van der Waals surface area contributed by atoms with Crippen LogP contribution in [0.25, 0.3) is 0 Å². The van der Waals surface area contributed by atoms with Crippen LogP contribution in [0.2, 0.25) is 0 Å². The van der Waals surface area contributed by atoms with Crippen LogP contribution in [0.5, 0.6) is 0 Å². The van der Waals surface area contributed by atoms with Gasteiger partial charge in [-0.05, 0) is 84.0 Å². The van der Waals surface area contributed by atoms with Crippen molar-refractivity contribution in [3.05, 3.63) is 51.6 Å². The average molecular weight is 414 g/mol. The van der Waals surface area contributed by atoms with Crippen LogP contribution in [0.1, 0.15) is 12.5 Å². The summed E-state index contributed by atoms with van der Waals surface area (Å²) in [4.78, 5) is 0.302. The lowest BCUT2D eigenvalue weighted by Gasteiger charge is -2.09. The van der Waals surface area contributed by atoms with Crippen molar-refractivity contribution in [3.8, 4) is 0 Å². The molecule has 0 spiro atoms. The van der Waals surface area contributed by atoms with Gasteiger partial charge in [0.1, 0.15) is 0 Å². The Morgan fingerprint density at radius 2 is 1.90 bits per heavy atom. The summed E-state index contributed by atoms with van der Waals surface area (Å²) in [5, 5.41) is 3.32. The maximum Gasteiger partial charge on any atom is 0.261 e. The van der Waals surface area contributed by atoms with E-state index >= 15 is 0 Å². The molecule has 1 aliphatic heterocycles. The third-order valence-corrected chi connectivity index (χ3v) is 5.51. The third kappa shape index (κ3) is 3.16. The minimum atomic E-state index is -3.55. The van der Waals surface area contributed by atoms with E-state index in [0.717, 1.165) is 21.2 Å². The van der Waals surface area contributed by atoms with E-state index in [0.29, 0.717) is 16.6 Å². The topological polar surface area (TPSA) is 58.2 Å². The van der Waals surface area contributed by atoms with Crippen LogP contribution in [-0.2, 0) is 16.4 Å². The van der Waals surface area contributed by atoms with Crippen LogP contribution >= 0.6 is 22.6 Å². The van der Waals surface area contributed by atoms with Gasteiger partial charge in [-0.25, -0.2) is 8.42 Å². The molecule has 0 saturated heterocycles. The molecule has 0 radical (unpaired) electrons. The maximum absolute atomic E-state index is 12.4. The first-order chi connectivity index (χ1) is 9.94. The molecule has 2 aromatic carbocycles. The first-order valence-corrected chi connectivity index (χ1v) is 9.18. The quantitative estimate of drug-likeness (QED) is 0.757. The summed E-state index contributed by atoms with van der Waals surface area (Å²) in [5.74, 6) is 0. The highest BCUT2D eigenvalue weighted by molar-refractivity contribution is 14.1. The number of fused-ring (bicyclic) bond motifs is 1. The Labute approximate surface area is 138 Å². The standard InChI is InChI=1S/C15H15IN2O2S/c1-10-8-11-9-14(6-7-15(11)17-10)21(19,20)18-13-4-2-12(16)3-5-13/h2-7,9-10,17-18H,8H2,1H3. The number of hydrogen-bond donors (Lipinski definition) is 2. The van der Waals surface area contributed by atoms with Gasteiger partial charge in [-0.2, -0.15) is 0 Å². The van der Waals surface area contributed by atoms with Gasteiger partial charge in [-0.15, -0.1) is 0 Å². The van der Waals surface area contributed by atoms with E-state index in [1.165, 1.54) is 0 Å². The zero-order chi connectivity index (χ0) is 15.0.